The van der Waals surface area contributed by atoms with Gasteiger partial charge in [0.25, 0.3) is 0 Å². The Morgan fingerprint density at radius 2 is 1.82 bits per heavy atom. The number of nitrogens with zero attached hydrogens (tertiary/aromatic N) is 4. The third-order valence-corrected chi connectivity index (χ3v) is 7.11. The van der Waals surface area contributed by atoms with Crippen LogP contribution in [0, 0.1) is 19.8 Å². The van der Waals surface area contributed by atoms with Gasteiger partial charge in [-0.3, -0.25) is 9.69 Å². The van der Waals surface area contributed by atoms with Gasteiger partial charge in [0.15, 0.2) is 0 Å². The number of aromatic nitrogens is 2. The van der Waals surface area contributed by atoms with E-state index in [2.05, 4.69) is 10.00 Å². The number of piperidine rings is 1. The first-order valence-electron chi connectivity index (χ1n) is 12.0. The molecule has 0 aliphatic carbocycles. The van der Waals surface area contributed by atoms with E-state index >= 15 is 0 Å². The molecule has 3 heterocycles. The molecule has 186 valence electrons. The standard InChI is InChI=1S/C25H33F3N4O2/c1-18-23(19(2)32(29-18)22-5-3-4-21(16-22)25(26,27)28)17-24(33)31-10-7-20(8-11-31)6-9-30-12-14-34-15-13-30/h3-5,16,20H,6-15,17H2,1-2H3. The molecule has 0 spiro atoms. The Hall–Kier alpha value is -2.39. The first kappa shape index (κ1) is 24.7. The Kier molecular flexibility index (Phi) is 7.62. The summed E-state index contributed by atoms with van der Waals surface area (Å²) in [5.74, 6) is 0.695. The Morgan fingerprint density at radius 1 is 1.12 bits per heavy atom. The molecule has 2 saturated heterocycles. The Bertz CT molecular complexity index is 991. The minimum Gasteiger partial charge on any atom is -0.379 e. The van der Waals surface area contributed by atoms with E-state index in [-0.39, 0.29) is 12.3 Å². The summed E-state index contributed by atoms with van der Waals surface area (Å²) in [5, 5.41) is 4.45. The summed E-state index contributed by atoms with van der Waals surface area (Å²) in [6, 6.07) is 5.11. The van der Waals surface area contributed by atoms with Crippen LogP contribution in [-0.4, -0.2) is 71.4 Å². The second kappa shape index (κ2) is 10.5. The van der Waals surface area contributed by atoms with Crippen molar-refractivity contribution in [3.05, 3.63) is 46.8 Å². The summed E-state index contributed by atoms with van der Waals surface area (Å²) >= 11 is 0. The number of benzene rings is 1. The molecule has 34 heavy (non-hydrogen) atoms. The quantitative estimate of drug-likeness (QED) is 0.630. The van der Waals surface area contributed by atoms with Crippen LogP contribution in [0.1, 0.15) is 41.8 Å². The molecular formula is C25H33F3N4O2. The molecule has 6 nitrogen and oxygen atoms in total. The van der Waals surface area contributed by atoms with E-state index in [0.717, 1.165) is 82.9 Å². The third-order valence-electron chi connectivity index (χ3n) is 7.11. The van der Waals surface area contributed by atoms with Crippen LogP contribution >= 0.6 is 0 Å². The fourth-order valence-electron chi connectivity index (χ4n) is 4.92. The highest BCUT2D eigenvalue weighted by Crippen LogP contribution is 2.31. The predicted molar refractivity (Wildman–Crippen MR) is 123 cm³/mol. The second-order valence-electron chi connectivity index (χ2n) is 9.35. The van der Waals surface area contributed by atoms with Crippen molar-refractivity contribution in [2.45, 2.75) is 45.7 Å². The lowest BCUT2D eigenvalue weighted by molar-refractivity contribution is -0.137. The van der Waals surface area contributed by atoms with Crippen LogP contribution in [-0.2, 0) is 22.1 Å². The lowest BCUT2D eigenvalue weighted by atomic mass is 9.93. The van der Waals surface area contributed by atoms with E-state index in [1.165, 1.54) is 10.7 Å². The van der Waals surface area contributed by atoms with Crippen molar-refractivity contribution in [2.24, 2.45) is 5.92 Å². The van der Waals surface area contributed by atoms with Crippen molar-refractivity contribution in [1.82, 2.24) is 19.6 Å². The Balaban J connectivity index is 1.34. The zero-order valence-corrected chi connectivity index (χ0v) is 19.9. The number of hydrogen-bond acceptors (Lipinski definition) is 4. The van der Waals surface area contributed by atoms with Gasteiger partial charge in [0, 0.05) is 37.4 Å². The molecule has 2 aliphatic heterocycles. The normalized spacial score (nSPS) is 18.4. The van der Waals surface area contributed by atoms with E-state index in [9.17, 15) is 18.0 Å². The average Bonchev–Trinajstić information content (AvgIpc) is 3.11. The van der Waals surface area contributed by atoms with Gasteiger partial charge in [0.2, 0.25) is 5.91 Å². The highest BCUT2D eigenvalue weighted by molar-refractivity contribution is 5.79. The van der Waals surface area contributed by atoms with Gasteiger partial charge in [-0.15, -0.1) is 0 Å². The maximum Gasteiger partial charge on any atom is 0.416 e. The van der Waals surface area contributed by atoms with E-state index in [1.54, 1.807) is 19.9 Å². The highest BCUT2D eigenvalue weighted by atomic mass is 19.4. The van der Waals surface area contributed by atoms with Crippen LogP contribution in [0.15, 0.2) is 24.3 Å². The van der Waals surface area contributed by atoms with Crippen molar-refractivity contribution in [2.75, 3.05) is 45.9 Å². The molecule has 1 aromatic heterocycles. The van der Waals surface area contributed by atoms with Crippen LogP contribution in [0.5, 0.6) is 0 Å². The number of alkyl halides is 3. The van der Waals surface area contributed by atoms with E-state index < -0.39 is 11.7 Å². The number of morpholine rings is 1. The second-order valence-corrected chi connectivity index (χ2v) is 9.35. The minimum absolute atomic E-state index is 0.0569. The van der Waals surface area contributed by atoms with Crippen LogP contribution in [0.2, 0.25) is 0 Å². The SMILES string of the molecule is Cc1nn(-c2cccc(C(F)(F)F)c2)c(C)c1CC(=O)N1CCC(CCN2CCOCC2)CC1. The third kappa shape index (κ3) is 5.81. The fourth-order valence-corrected chi connectivity index (χ4v) is 4.92. The molecule has 0 N–H and O–H groups in total. The van der Waals surface area contributed by atoms with Crippen molar-refractivity contribution < 1.29 is 22.7 Å². The monoisotopic (exact) mass is 478 g/mol. The maximum atomic E-state index is 13.1. The van der Waals surface area contributed by atoms with Gasteiger partial charge in [-0.1, -0.05) is 6.07 Å². The van der Waals surface area contributed by atoms with E-state index in [4.69, 9.17) is 4.74 Å². The first-order chi connectivity index (χ1) is 16.2. The zero-order chi connectivity index (χ0) is 24.3. The fraction of sp³-hybridized carbons (Fsp3) is 0.600. The number of amides is 1. The lowest BCUT2D eigenvalue weighted by Crippen LogP contribution is -2.41. The number of hydrogen-bond donors (Lipinski definition) is 0. The maximum absolute atomic E-state index is 13.1. The lowest BCUT2D eigenvalue weighted by Gasteiger charge is -2.34. The Labute approximate surface area is 198 Å². The summed E-state index contributed by atoms with van der Waals surface area (Å²) < 4.78 is 46.3. The van der Waals surface area contributed by atoms with Crippen LogP contribution in [0.3, 0.4) is 0 Å². The molecule has 1 amide bonds. The van der Waals surface area contributed by atoms with Gasteiger partial charge < -0.3 is 9.64 Å². The molecule has 9 heteroatoms. The molecule has 2 fully saturated rings. The summed E-state index contributed by atoms with van der Waals surface area (Å²) in [6.07, 6.45) is -1.02. The summed E-state index contributed by atoms with van der Waals surface area (Å²) in [7, 11) is 0. The van der Waals surface area contributed by atoms with Crippen LogP contribution in [0.25, 0.3) is 5.69 Å². The summed E-state index contributed by atoms with van der Waals surface area (Å²) in [6.45, 7) is 9.85. The average molecular weight is 479 g/mol. The zero-order valence-electron chi connectivity index (χ0n) is 19.9. The molecule has 0 saturated carbocycles. The van der Waals surface area contributed by atoms with Gasteiger partial charge in [-0.25, -0.2) is 4.68 Å². The molecule has 0 radical (unpaired) electrons. The number of carbonyl (C=O) groups excluding carboxylic acids is 1. The molecule has 2 aliphatic rings. The molecule has 4 rings (SSSR count). The molecule has 2 aromatic rings. The van der Waals surface area contributed by atoms with Gasteiger partial charge in [-0.2, -0.15) is 18.3 Å². The summed E-state index contributed by atoms with van der Waals surface area (Å²) in [5.41, 5.74) is 1.79. The van der Waals surface area contributed by atoms with Crippen molar-refractivity contribution in [1.29, 1.82) is 0 Å². The van der Waals surface area contributed by atoms with Crippen LogP contribution in [0.4, 0.5) is 13.2 Å². The number of likely N-dealkylation sites (tertiary alicyclic amines) is 1. The summed E-state index contributed by atoms with van der Waals surface area (Å²) in [4.78, 5) is 17.4. The van der Waals surface area contributed by atoms with Gasteiger partial charge in [-0.05, 0) is 63.8 Å². The number of ether oxygens (including phenoxy) is 1. The molecule has 0 atom stereocenters. The number of halogens is 3. The topological polar surface area (TPSA) is 50.6 Å². The smallest absolute Gasteiger partial charge is 0.379 e. The molecule has 0 bridgehead atoms. The van der Waals surface area contributed by atoms with E-state index in [1.807, 2.05) is 4.90 Å². The molecule has 0 unspecified atom stereocenters. The Morgan fingerprint density at radius 3 is 2.50 bits per heavy atom. The number of carbonyl (C=O) groups is 1. The van der Waals surface area contributed by atoms with E-state index in [0.29, 0.717) is 23.0 Å². The van der Waals surface area contributed by atoms with Gasteiger partial charge in [0.1, 0.15) is 0 Å². The first-order valence-corrected chi connectivity index (χ1v) is 12.0. The highest BCUT2D eigenvalue weighted by Gasteiger charge is 2.31. The molecule has 1 aromatic carbocycles. The van der Waals surface area contributed by atoms with Crippen molar-refractivity contribution in [3.8, 4) is 5.69 Å². The van der Waals surface area contributed by atoms with Crippen molar-refractivity contribution in [3.63, 3.8) is 0 Å². The molecular weight excluding hydrogens is 445 g/mol. The van der Waals surface area contributed by atoms with Gasteiger partial charge >= 0.3 is 6.18 Å². The number of rotatable bonds is 6. The number of aryl methyl sites for hydroxylation is 1. The minimum atomic E-state index is -4.42. The van der Waals surface area contributed by atoms with Crippen molar-refractivity contribution >= 4 is 5.91 Å². The van der Waals surface area contributed by atoms with Crippen LogP contribution < -0.4 is 0 Å². The predicted octanol–water partition coefficient (Wildman–Crippen LogP) is 4.01. The van der Waals surface area contributed by atoms with Gasteiger partial charge in [0.05, 0.1) is 36.6 Å². The largest absolute Gasteiger partial charge is 0.416 e.